The van der Waals surface area contributed by atoms with Gasteiger partial charge in [0, 0.05) is 31.3 Å². The molecule has 0 saturated carbocycles. The molecule has 0 radical (unpaired) electrons. The lowest BCUT2D eigenvalue weighted by Crippen LogP contribution is -2.24. The van der Waals surface area contributed by atoms with Gasteiger partial charge in [0.05, 0.1) is 36.7 Å². The van der Waals surface area contributed by atoms with Gasteiger partial charge < -0.3 is 15.7 Å². The molecule has 0 bridgehead atoms. The Hall–Kier alpha value is -4.96. The quantitative estimate of drug-likeness (QED) is 0.229. The van der Waals surface area contributed by atoms with Crippen molar-refractivity contribution in [2.24, 2.45) is 0 Å². The Bertz CT molecular complexity index is 1520. The van der Waals surface area contributed by atoms with E-state index in [4.69, 9.17) is 0 Å². The van der Waals surface area contributed by atoms with Gasteiger partial charge in [0.1, 0.15) is 17.7 Å². The van der Waals surface area contributed by atoms with Crippen molar-refractivity contribution in [2.45, 2.75) is 44.9 Å². The Morgan fingerprint density at radius 3 is 2.32 bits per heavy atom. The molecule has 12 nitrogen and oxygen atoms in total. The summed E-state index contributed by atoms with van der Waals surface area (Å²) in [6.45, 7) is -0.688. The molecular formula is C24H22F5N9O3. The van der Waals surface area contributed by atoms with Crippen LogP contribution in [0.3, 0.4) is 0 Å². The Labute approximate surface area is 228 Å². The number of nitrogens with zero attached hydrogens (tertiary/aromatic N) is 7. The summed E-state index contributed by atoms with van der Waals surface area (Å²) in [6.07, 6.45) is -2.57. The van der Waals surface area contributed by atoms with E-state index in [-0.39, 0.29) is 61.0 Å². The van der Waals surface area contributed by atoms with Gasteiger partial charge in [-0.25, -0.2) is 13.5 Å². The topological polar surface area (TPSA) is 153 Å². The minimum Gasteiger partial charge on any atom is -0.508 e. The highest BCUT2D eigenvalue weighted by Crippen LogP contribution is 2.29. The Balaban J connectivity index is 1.22. The van der Waals surface area contributed by atoms with E-state index in [9.17, 15) is 36.6 Å². The maximum atomic E-state index is 14.5. The summed E-state index contributed by atoms with van der Waals surface area (Å²) in [7, 11) is 0. The normalized spacial score (nSPS) is 12.2. The van der Waals surface area contributed by atoms with E-state index in [2.05, 4.69) is 36.2 Å². The lowest BCUT2D eigenvalue weighted by molar-refractivity contribution is -0.137. The van der Waals surface area contributed by atoms with Gasteiger partial charge >= 0.3 is 6.18 Å². The van der Waals surface area contributed by atoms with Crippen LogP contribution in [-0.4, -0.2) is 58.1 Å². The monoisotopic (exact) mass is 579 g/mol. The number of aromatic nitrogens is 7. The fourth-order valence-electron chi connectivity index (χ4n) is 3.55. The Morgan fingerprint density at radius 1 is 0.951 bits per heavy atom. The number of carbonyl (C=O) groups excluding carboxylic acids is 2. The van der Waals surface area contributed by atoms with Crippen LogP contribution in [0.15, 0.2) is 48.9 Å². The molecule has 0 fully saturated rings. The second-order valence-corrected chi connectivity index (χ2v) is 8.75. The van der Waals surface area contributed by atoms with Crippen LogP contribution in [0.2, 0.25) is 0 Å². The number of carbonyl (C=O) groups is 2. The number of halogens is 5. The van der Waals surface area contributed by atoms with Crippen molar-refractivity contribution < 1.29 is 36.6 Å². The van der Waals surface area contributed by atoms with Gasteiger partial charge in [-0.15, -0.1) is 10.2 Å². The van der Waals surface area contributed by atoms with Crippen molar-refractivity contribution in [1.29, 1.82) is 0 Å². The molecule has 0 saturated heterocycles. The van der Waals surface area contributed by atoms with E-state index in [1.165, 1.54) is 29.2 Å². The van der Waals surface area contributed by atoms with E-state index in [1.54, 1.807) is 0 Å². The molecule has 2 amide bonds. The molecule has 3 aromatic heterocycles. The molecule has 17 heteroatoms. The standard InChI is InChI=1S/C24H22F5N9O3/c25-16(11-38-13-21(34-36-38)22(40)31-9-14-7-18(39)1-2-19(14)26)4-6-37-12-20(33-35-37)23(41)32-10-17-8-15(3-5-30-17)24(27,28)29/h1-3,5,7-8,12-13,16,39H,4,6,9-11H2,(H,31,40)(H,32,41). The van der Waals surface area contributed by atoms with Crippen LogP contribution < -0.4 is 10.6 Å². The summed E-state index contributed by atoms with van der Waals surface area (Å²) in [5, 5.41) is 29.1. The van der Waals surface area contributed by atoms with Crippen molar-refractivity contribution in [1.82, 2.24) is 45.6 Å². The highest BCUT2D eigenvalue weighted by molar-refractivity contribution is 5.92. The first-order valence-corrected chi connectivity index (χ1v) is 12.0. The fourth-order valence-corrected chi connectivity index (χ4v) is 3.55. The minimum atomic E-state index is -4.54. The number of phenolic OH excluding ortho intramolecular Hbond substituents is 1. The van der Waals surface area contributed by atoms with Crippen LogP contribution in [0.25, 0.3) is 0 Å². The SMILES string of the molecule is O=C(NCc1cc(C(F)(F)F)ccn1)c1cn(CCC(F)Cn2cc(C(=O)NCc3cc(O)ccc3F)nn2)nn1. The lowest BCUT2D eigenvalue weighted by Gasteiger charge is -2.08. The number of hydrogen-bond donors (Lipinski definition) is 3. The van der Waals surface area contributed by atoms with Crippen LogP contribution in [0, 0.1) is 5.82 Å². The van der Waals surface area contributed by atoms with Crippen LogP contribution >= 0.6 is 0 Å². The molecule has 1 aromatic carbocycles. The zero-order valence-electron chi connectivity index (χ0n) is 21.0. The molecule has 0 aliphatic heterocycles. The smallest absolute Gasteiger partial charge is 0.416 e. The zero-order valence-corrected chi connectivity index (χ0v) is 21.0. The third kappa shape index (κ3) is 8.02. The first-order chi connectivity index (χ1) is 19.5. The largest absolute Gasteiger partial charge is 0.508 e. The van der Waals surface area contributed by atoms with Gasteiger partial charge in [0.15, 0.2) is 11.4 Å². The highest BCUT2D eigenvalue weighted by atomic mass is 19.4. The number of amides is 2. The zero-order chi connectivity index (χ0) is 29.6. The van der Waals surface area contributed by atoms with Gasteiger partial charge in [0.25, 0.3) is 11.8 Å². The number of alkyl halides is 4. The van der Waals surface area contributed by atoms with Crippen molar-refractivity contribution >= 4 is 11.8 Å². The van der Waals surface area contributed by atoms with E-state index >= 15 is 0 Å². The summed E-state index contributed by atoms with van der Waals surface area (Å²) in [6, 6.07) is 5.04. The van der Waals surface area contributed by atoms with Gasteiger partial charge in [-0.1, -0.05) is 10.4 Å². The van der Waals surface area contributed by atoms with Gasteiger partial charge in [-0.3, -0.25) is 19.3 Å². The van der Waals surface area contributed by atoms with Gasteiger partial charge in [0.2, 0.25) is 0 Å². The molecule has 4 rings (SSSR count). The summed E-state index contributed by atoms with van der Waals surface area (Å²) < 4.78 is 69.1. The molecule has 0 aliphatic rings. The number of aryl methyl sites for hydroxylation is 1. The molecule has 216 valence electrons. The second-order valence-electron chi connectivity index (χ2n) is 8.75. The van der Waals surface area contributed by atoms with E-state index in [0.29, 0.717) is 0 Å². The van der Waals surface area contributed by atoms with Crippen LogP contribution in [-0.2, 0) is 32.4 Å². The summed E-state index contributed by atoms with van der Waals surface area (Å²) >= 11 is 0. The predicted octanol–water partition coefficient (Wildman–Crippen LogP) is 2.42. The lowest BCUT2D eigenvalue weighted by atomic mass is 10.2. The summed E-state index contributed by atoms with van der Waals surface area (Å²) in [5.41, 5.74) is -1.07. The van der Waals surface area contributed by atoms with Crippen LogP contribution in [0.4, 0.5) is 22.0 Å². The second kappa shape index (κ2) is 12.5. The fraction of sp³-hybridized carbons (Fsp3) is 0.292. The first kappa shape index (κ1) is 29.0. The molecule has 0 spiro atoms. The Morgan fingerprint density at radius 2 is 1.61 bits per heavy atom. The number of phenols is 1. The molecular weight excluding hydrogens is 557 g/mol. The van der Waals surface area contributed by atoms with E-state index < -0.39 is 35.5 Å². The van der Waals surface area contributed by atoms with Crippen LogP contribution in [0.5, 0.6) is 5.75 Å². The van der Waals surface area contributed by atoms with E-state index in [0.717, 1.165) is 29.1 Å². The van der Waals surface area contributed by atoms with Crippen molar-refractivity contribution in [3.8, 4) is 5.75 Å². The average molecular weight is 579 g/mol. The van der Waals surface area contributed by atoms with E-state index in [1.807, 2.05) is 0 Å². The first-order valence-electron chi connectivity index (χ1n) is 12.0. The third-order valence-electron chi connectivity index (χ3n) is 5.64. The number of pyridine rings is 1. The molecule has 1 unspecified atom stereocenters. The maximum absolute atomic E-state index is 14.5. The van der Waals surface area contributed by atoms with Gasteiger partial charge in [-0.05, 0) is 30.3 Å². The summed E-state index contributed by atoms with van der Waals surface area (Å²) in [5.74, 6) is -2.15. The third-order valence-corrected chi connectivity index (χ3v) is 5.64. The number of rotatable bonds is 11. The number of benzene rings is 1. The molecule has 41 heavy (non-hydrogen) atoms. The van der Waals surface area contributed by atoms with Crippen molar-refractivity contribution in [3.05, 3.63) is 82.9 Å². The summed E-state index contributed by atoms with van der Waals surface area (Å²) in [4.78, 5) is 28.3. The molecule has 3 heterocycles. The molecule has 1 atom stereocenters. The Kier molecular flexibility index (Phi) is 8.84. The number of nitrogens with one attached hydrogen (secondary N) is 2. The average Bonchev–Trinajstić information content (AvgIpc) is 3.61. The molecule has 4 aromatic rings. The van der Waals surface area contributed by atoms with Gasteiger partial charge in [-0.2, -0.15) is 13.2 Å². The number of aromatic hydroxyl groups is 1. The predicted molar refractivity (Wildman–Crippen MR) is 129 cm³/mol. The molecule has 3 N–H and O–H groups in total. The van der Waals surface area contributed by atoms with Crippen molar-refractivity contribution in [3.63, 3.8) is 0 Å². The highest BCUT2D eigenvalue weighted by Gasteiger charge is 2.30. The van der Waals surface area contributed by atoms with Crippen molar-refractivity contribution in [2.75, 3.05) is 0 Å². The van der Waals surface area contributed by atoms with Crippen LogP contribution in [0.1, 0.15) is 44.2 Å². The molecule has 0 aliphatic carbocycles. The number of hydrogen-bond acceptors (Lipinski definition) is 8. The maximum Gasteiger partial charge on any atom is 0.416 e. The minimum absolute atomic E-state index is 0.0000303.